The van der Waals surface area contributed by atoms with Gasteiger partial charge in [-0.2, -0.15) is 4.98 Å². The molecule has 0 aliphatic carbocycles. The summed E-state index contributed by atoms with van der Waals surface area (Å²) in [7, 11) is 0. The van der Waals surface area contributed by atoms with Crippen LogP contribution in [0.4, 0.5) is 0 Å². The zero-order chi connectivity index (χ0) is 16.8. The van der Waals surface area contributed by atoms with Crippen LogP contribution in [0.1, 0.15) is 16.7 Å². The molecule has 5 nitrogen and oxygen atoms in total. The van der Waals surface area contributed by atoms with Gasteiger partial charge >= 0.3 is 0 Å². The summed E-state index contributed by atoms with van der Waals surface area (Å²) >= 11 is 3.35. The van der Waals surface area contributed by atoms with Crippen molar-refractivity contribution >= 4 is 15.9 Å². The van der Waals surface area contributed by atoms with Crippen molar-refractivity contribution in [3.63, 3.8) is 0 Å². The van der Waals surface area contributed by atoms with Gasteiger partial charge in [-0.15, -0.1) is 0 Å². The second-order valence-corrected chi connectivity index (χ2v) is 6.67. The lowest BCUT2D eigenvalue weighted by molar-refractivity contribution is 0.437. The number of ether oxygens (including phenoxy) is 1. The van der Waals surface area contributed by atoms with Crippen molar-refractivity contribution in [1.82, 2.24) is 9.97 Å². The molecule has 0 bridgehead atoms. The Labute approximate surface area is 146 Å². The summed E-state index contributed by atoms with van der Waals surface area (Å²) in [4.78, 5) is 19.6. The van der Waals surface area contributed by atoms with Gasteiger partial charge in [0.25, 0.3) is 5.56 Å². The normalized spacial score (nSPS) is 12.2. The minimum atomic E-state index is -0.262. The van der Waals surface area contributed by atoms with Crippen LogP contribution in [-0.2, 0) is 6.42 Å². The van der Waals surface area contributed by atoms with E-state index in [0.717, 1.165) is 15.6 Å². The molecule has 0 fully saturated rings. The largest absolute Gasteiger partial charge is 0.507 e. The molecule has 0 amide bonds. The summed E-state index contributed by atoms with van der Waals surface area (Å²) in [6.45, 7) is 2.00. The highest BCUT2D eigenvalue weighted by Gasteiger charge is 2.23. The first-order valence-corrected chi connectivity index (χ1v) is 8.20. The summed E-state index contributed by atoms with van der Waals surface area (Å²) in [5.41, 5.74) is 2.74. The minimum absolute atomic E-state index is 0.0353. The molecule has 0 saturated carbocycles. The smallest absolute Gasteiger partial charge is 0.258 e. The topological polar surface area (TPSA) is 75.2 Å². The van der Waals surface area contributed by atoms with E-state index in [1.807, 2.05) is 25.1 Å². The number of aromatic amines is 1. The Morgan fingerprint density at radius 1 is 1.25 bits per heavy atom. The van der Waals surface area contributed by atoms with E-state index < -0.39 is 0 Å². The fraction of sp³-hybridized carbons (Fsp3) is 0.111. The number of rotatable bonds is 1. The number of benzene rings is 2. The highest BCUT2D eigenvalue weighted by molar-refractivity contribution is 9.10. The van der Waals surface area contributed by atoms with E-state index in [1.165, 1.54) is 6.07 Å². The van der Waals surface area contributed by atoms with Gasteiger partial charge in [-0.1, -0.05) is 33.6 Å². The van der Waals surface area contributed by atoms with E-state index in [4.69, 9.17) is 4.74 Å². The zero-order valence-corrected chi connectivity index (χ0v) is 14.3. The maximum Gasteiger partial charge on any atom is 0.258 e. The molecule has 0 radical (unpaired) electrons. The third-order valence-corrected chi connectivity index (χ3v) is 4.47. The van der Waals surface area contributed by atoms with E-state index in [9.17, 15) is 9.90 Å². The third kappa shape index (κ3) is 2.49. The van der Waals surface area contributed by atoms with Gasteiger partial charge in [0, 0.05) is 10.9 Å². The van der Waals surface area contributed by atoms with Crippen LogP contribution in [0.2, 0.25) is 0 Å². The zero-order valence-electron chi connectivity index (χ0n) is 12.8. The Bertz CT molecular complexity index is 1030. The number of aromatic nitrogens is 2. The monoisotopic (exact) mass is 384 g/mol. The number of aromatic hydroxyl groups is 1. The molecule has 0 unspecified atom stereocenters. The number of hydrogen-bond donors (Lipinski definition) is 2. The molecule has 3 aromatic rings. The average Bonchev–Trinajstić information content (AvgIpc) is 2.55. The van der Waals surface area contributed by atoms with Gasteiger partial charge in [-0.05, 0) is 36.8 Å². The number of nitrogens with zero attached hydrogens (tertiary/aromatic N) is 1. The van der Waals surface area contributed by atoms with E-state index in [2.05, 4.69) is 25.9 Å². The van der Waals surface area contributed by atoms with Gasteiger partial charge in [-0.3, -0.25) is 4.79 Å². The van der Waals surface area contributed by atoms with Crippen LogP contribution < -0.4 is 10.3 Å². The molecule has 0 saturated heterocycles. The first-order valence-electron chi connectivity index (χ1n) is 7.41. The van der Waals surface area contributed by atoms with Gasteiger partial charge in [0.05, 0.1) is 11.1 Å². The van der Waals surface area contributed by atoms with Crippen molar-refractivity contribution in [3.05, 3.63) is 67.9 Å². The van der Waals surface area contributed by atoms with Gasteiger partial charge < -0.3 is 14.8 Å². The molecular formula is C18H13BrN2O3. The number of phenolic OH excluding ortho intramolecular Hbond substituents is 1. The third-order valence-electron chi connectivity index (χ3n) is 3.98. The predicted octanol–water partition coefficient (Wildman–Crippen LogP) is 3.91. The molecule has 120 valence electrons. The van der Waals surface area contributed by atoms with Crippen molar-refractivity contribution in [1.29, 1.82) is 0 Å². The van der Waals surface area contributed by atoms with Gasteiger partial charge in [-0.25, -0.2) is 0 Å². The number of nitrogens with one attached hydrogen (secondary N) is 1. The Morgan fingerprint density at radius 3 is 2.92 bits per heavy atom. The van der Waals surface area contributed by atoms with Gasteiger partial charge in [0.15, 0.2) is 0 Å². The molecular weight excluding hydrogens is 372 g/mol. The molecule has 24 heavy (non-hydrogen) atoms. The fourth-order valence-corrected chi connectivity index (χ4v) is 3.14. The van der Waals surface area contributed by atoms with Crippen LogP contribution in [0.3, 0.4) is 0 Å². The Balaban J connectivity index is 1.85. The molecule has 1 aliphatic heterocycles. The second-order valence-electron chi connectivity index (χ2n) is 5.75. The quantitative estimate of drug-likeness (QED) is 0.521. The number of hydrogen-bond acceptors (Lipinski definition) is 4. The summed E-state index contributed by atoms with van der Waals surface area (Å²) in [5.74, 6) is 1.29. The molecule has 0 atom stereocenters. The van der Waals surface area contributed by atoms with Crippen molar-refractivity contribution < 1.29 is 9.84 Å². The SMILES string of the molecule is Cc1ccc2c(c1)Cc1c(nc(-c3cc(Br)ccc3O)[nH]c1=O)O2. The molecule has 1 aliphatic rings. The number of H-pyrrole nitrogens is 1. The minimum Gasteiger partial charge on any atom is -0.507 e. The predicted molar refractivity (Wildman–Crippen MR) is 93.7 cm³/mol. The molecule has 4 rings (SSSR count). The van der Waals surface area contributed by atoms with Gasteiger partial charge in [0.1, 0.15) is 17.3 Å². The highest BCUT2D eigenvalue weighted by atomic mass is 79.9. The summed E-state index contributed by atoms with van der Waals surface area (Å²) in [6, 6.07) is 10.8. The number of halogens is 1. The Morgan fingerprint density at radius 2 is 2.08 bits per heavy atom. The van der Waals surface area contributed by atoms with Gasteiger partial charge in [0.2, 0.25) is 5.88 Å². The number of aryl methyl sites for hydroxylation is 1. The standard InChI is InChI=1S/C18H13BrN2O3/c1-9-2-5-15-10(6-9)7-13-17(23)20-16(21-18(13)24-15)12-8-11(19)3-4-14(12)22/h2-6,8,22H,7H2,1H3,(H,20,21,23). The Kier molecular flexibility index (Phi) is 3.42. The maximum atomic E-state index is 12.5. The number of fused-ring (bicyclic) bond motifs is 2. The lowest BCUT2D eigenvalue weighted by atomic mass is 10.0. The van der Waals surface area contributed by atoms with Crippen molar-refractivity contribution in [2.75, 3.05) is 0 Å². The lowest BCUT2D eigenvalue weighted by Crippen LogP contribution is -2.20. The van der Waals surface area contributed by atoms with E-state index in [0.29, 0.717) is 23.3 Å². The Hall–Kier alpha value is -2.60. The molecule has 2 aromatic carbocycles. The van der Waals surface area contributed by atoms with Crippen LogP contribution in [-0.4, -0.2) is 15.1 Å². The van der Waals surface area contributed by atoms with Crippen molar-refractivity contribution in [2.24, 2.45) is 0 Å². The molecule has 6 heteroatoms. The van der Waals surface area contributed by atoms with Crippen molar-refractivity contribution in [2.45, 2.75) is 13.3 Å². The van der Waals surface area contributed by atoms with E-state index in [-0.39, 0.29) is 23.0 Å². The molecule has 0 spiro atoms. The second kappa shape index (κ2) is 5.49. The fourth-order valence-electron chi connectivity index (χ4n) is 2.78. The van der Waals surface area contributed by atoms with Crippen molar-refractivity contribution in [3.8, 4) is 28.8 Å². The summed E-state index contributed by atoms with van der Waals surface area (Å²) in [5, 5.41) is 10.0. The summed E-state index contributed by atoms with van der Waals surface area (Å²) in [6.07, 6.45) is 0.472. The number of phenols is 1. The van der Waals surface area contributed by atoms with Crippen LogP contribution in [0, 0.1) is 6.92 Å². The molecule has 1 aromatic heterocycles. The highest BCUT2D eigenvalue weighted by Crippen LogP contribution is 2.36. The maximum absolute atomic E-state index is 12.5. The molecule has 2 N–H and O–H groups in total. The van der Waals surface area contributed by atoms with E-state index >= 15 is 0 Å². The molecule has 2 heterocycles. The van der Waals surface area contributed by atoms with Crippen LogP contribution in [0.5, 0.6) is 17.4 Å². The van der Waals surface area contributed by atoms with E-state index in [1.54, 1.807) is 12.1 Å². The van der Waals surface area contributed by atoms with Crippen LogP contribution in [0.15, 0.2) is 45.7 Å². The lowest BCUT2D eigenvalue weighted by Gasteiger charge is -2.19. The van der Waals surface area contributed by atoms with Crippen LogP contribution >= 0.6 is 15.9 Å². The first kappa shape index (κ1) is 15.0. The first-order chi connectivity index (χ1) is 11.5. The average molecular weight is 385 g/mol. The summed E-state index contributed by atoms with van der Waals surface area (Å²) < 4.78 is 6.60. The van der Waals surface area contributed by atoms with Crippen LogP contribution in [0.25, 0.3) is 11.4 Å².